The third-order valence-electron chi connectivity index (χ3n) is 6.24. The summed E-state index contributed by atoms with van der Waals surface area (Å²) < 4.78 is 82.6. The molecule has 0 radical (unpaired) electrons. The van der Waals surface area contributed by atoms with Gasteiger partial charge in [0.15, 0.2) is 6.20 Å². The van der Waals surface area contributed by atoms with E-state index in [0.717, 1.165) is 50.6 Å². The van der Waals surface area contributed by atoms with Gasteiger partial charge in [-0.05, 0) is 65.6 Å². The number of halogens is 6. The van der Waals surface area contributed by atoms with E-state index >= 15 is 0 Å². The Morgan fingerprint density at radius 2 is 1.37 bits per heavy atom. The molecule has 5 aromatic rings. The average Bonchev–Trinajstić information content (AvgIpc) is 2.77. The number of fused-ring (bicyclic) bond motifs is 6. The maximum Gasteiger partial charge on any atom is 0.416 e. The number of alkyl halides is 6. The third kappa shape index (κ3) is 3.87. The lowest BCUT2D eigenvalue weighted by molar-refractivity contribution is -0.644. The number of nitrogens with zero attached hydrogens (tertiary/aromatic N) is 2. The van der Waals surface area contributed by atoms with Crippen LogP contribution in [0, 0.1) is 13.8 Å². The molecule has 2 nitrogen and oxygen atoms in total. The fourth-order valence-electron chi connectivity index (χ4n) is 4.73. The molecule has 5 rings (SSSR count). The molecule has 0 bridgehead atoms. The summed E-state index contributed by atoms with van der Waals surface area (Å²) in [5, 5.41) is 3.25. The van der Waals surface area contributed by atoms with Crippen LogP contribution in [-0.4, -0.2) is 4.98 Å². The Morgan fingerprint density at radius 3 is 2.00 bits per heavy atom. The van der Waals surface area contributed by atoms with Crippen molar-refractivity contribution in [2.45, 2.75) is 26.2 Å². The van der Waals surface area contributed by atoms with Crippen molar-refractivity contribution in [3.8, 4) is 11.1 Å². The van der Waals surface area contributed by atoms with E-state index in [0.29, 0.717) is 5.39 Å². The smallest absolute Gasteiger partial charge is 0.240 e. The number of hydrogen-bond donors (Lipinski definition) is 0. The van der Waals surface area contributed by atoms with Crippen LogP contribution in [-0.2, 0) is 19.4 Å². The molecule has 0 fully saturated rings. The molecule has 0 aliphatic rings. The molecule has 35 heavy (non-hydrogen) atoms. The third-order valence-corrected chi connectivity index (χ3v) is 6.24. The van der Waals surface area contributed by atoms with Crippen LogP contribution in [0.15, 0.2) is 60.8 Å². The fraction of sp³-hybridized carbons (Fsp3) is 0.185. The van der Waals surface area contributed by atoms with Crippen molar-refractivity contribution in [3.05, 3.63) is 83.2 Å². The van der Waals surface area contributed by atoms with Crippen molar-refractivity contribution in [1.82, 2.24) is 4.98 Å². The summed E-state index contributed by atoms with van der Waals surface area (Å²) in [4.78, 5) is 4.73. The normalized spacial score (nSPS) is 12.7. The van der Waals surface area contributed by atoms with Crippen LogP contribution in [0.2, 0.25) is 0 Å². The Bertz CT molecular complexity index is 1620. The molecule has 0 aliphatic carbocycles. The van der Waals surface area contributed by atoms with Crippen molar-refractivity contribution >= 4 is 32.6 Å². The van der Waals surface area contributed by atoms with Crippen molar-refractivity contribution in [1.29, 1.82) is 0 Å². The Morgan fingerprint density at radius 1 is 0.714 bits per heavy atom. The standard InChI is InChI=1S/C27H19F6N2/c1-14-5-4-6-20-22-11-16(17-9-18(26(28,29)30)12-19(10-17)27(31,32)33)7-8-21(22)24-25(23(14)20)35(3)13-15(2)34-24/h4-13H,1-3H3/q+1. The zero-order chi connectivity index (χ0) is 25.3. The van der Waals surface area contributed by atoms with Gasteiger partial charge in [-0.25, -0.2) is 4.98 Å². The number of rotatable bonds is 1. The fourth-order valence-corrected chi connectivity index (χ4v) is 4.73. The molecule has 4 aromatic carbocycles. The minimum Gasteiger partial charge on any atom is -0.240 e. The predicted molar refractivity (Wildman–Crippen MR) is 123 cm³/mol. The van der Waals surface area contributed by atoms with Gasteiger partial charge in [0.2, 0.25) is 5.52 Å². The topological polar surface area (TPSA) is 16.8 Å². The van der Waals surface area contributed by atoms with Gasteiger partial charge in [0, 0.05) is 5.39 Å². The highest BCUT2D eigenvalue weighted by molar-refractivity contribution is 6.23. The molecule has 1 heterocycles. The first-order chi connectivity index (χ1) is 16.3. The monoisotopic (exact) mass is 485 g/mol. The lowest BCUT2D eigenvalue weighted by Gasteiger charge is -2.15. The zero-order valence-corrected chi connectivity index (χ0v) is 18.9. The van der Waals surface area contributed by atoms with E-state index in [-0.39, 0.29) is 17.2 Å². The minimum absolute atomic E-state index is 0.142. The van der Waals surface area contributed by atoms with E-state index in [4.69, 9.17) is 4.98 Å². The van der Waals surface area contributed by atoms with Crippen LogP contribution in [0.4, 0.5) is 26.3 Å². The van der Waals surface area contributed by atoms with Crippen LogP contribution < -0.4 is 4.57 Å². The van der Waals surface area contributed by atoms with Crippen molar-refractivity contribution < 1.29 is 30.9 Å². The molecular formula is C27H19F6N2+. The summed E-state index contributed by atoms with van der Waals surface area (Å²) in [5.41, 5.74) is 0.812. The number of aromatic nitrogens is 2. The van der Waals surface area contributed by atoms with Gasteiger partial charge in [-0.15, -0.1) is 0 Å². The second-order valence-corrected chi connectivity index (χ2v) is 8.74. The van der Waals surface area contributed by atoms with E-state index in [2.05, 4.69) is 0 Å². The minimum atomic E-state index is -4.91. The van der Waals surface area contributed by atoms with Gasteiger partial charge in [-0.2, -0.15) is 30.9 Å². The van der Waals surface area contributed by atoms with Crippen molar-refractivity contribution in [3.63, 3.8) is 0 Å². The van der Waals surface area contributed by atoms with Crippen molar-refractivity contribution in [2.75, 3.05) is 0 Å². The zero-order valence-electron chi connectivity index (χ0n) is 18.9. The number of benzene rings is 4. The van der Waals surface area contributed by atoms with Gasteiger partial charge < -0.3 is 0 Å². The van der Waals surface area contributed by atoms with Crippen LogP contribution >= 0.6 is 0 Å². The van der Waals surface area contributed by atoms with Crippen LogP contribution in [0.25, 0.3) is 43.7 Å². The SMILES string of the molecule is Cc1c[n+](C)c2c(n1)c1ccc(-c3cc(C(F)(F)F)cc(C(F)(F)F)c3)cc1c1cccc(C)c12. The summed E-state index contributed by atoms with van der Waals surface area (Å²) in [6.45, 7) is 3.82. The van der Waals surface area contributed by atoms with Crippen molar-refractivity contribution in [2.24, 2.45) is 7.05 Å². The summed E-state index contributed by atoms with van der Waals surface area (Å²) in [6, 6.07) is 12.3. The Balaban J connectivity index is 1.89. The van der Waals surface area contributed by atoms with Crippen LogP contribution in [0.3, 0.4) is 0 Å². The highest BCUT2D eigenvalue weighted by atomic mass is 19.4. The summed E-state index contributed by atoms with van der Waals surface area (Å²) in [6.07, 6.45) is -7.91. The highest BCUT2D eigenvalue weighted by Gasteiger charge is 2.37. The lowest BCUT2D eigenvalue weighted by Crippen LogP contribution is -2.30. The van der Waals surface area contributed by atoms with E-state index in [1.807, 2.05) is 49.9 Å². The van der Waals surface area contributed by atoms with E-state index in [1.54, 1.807) is 18.2 Å². The van der Waals surface area contributed by atoms with Gasteiger partial charge >= 0.3 is 12.4 Å². The molecule has 0 atom stereocenters. The molecule has 0 spiro atoms. The molecule has 0 unspecified atom stereocenters. The quantitative estimate of drug-likeness (QED) is 0.135. The van der Waals surface area contributed by atoms with E-state index in [1.165, 1.54) is 0 Å². The highest BCUT2D eigenvalue weighted by Crippen LogP contribution is 2.41. The summed E-state index contributed by atoms with van der Waals surface area (Å²) >= 11 is 0. The maximum atomic E-state index is 13.4. The first kappa shape index (κ1) is 23.1. The molecule has 0 saturated carbocycles. The number of hydrogen-bond acceptors (Lipinski definition) is 1. The van der Waals surface area contributed by atoms with E-state index < -0.39 is 23.5 Å². The van der Waals surface area contributed by atoms with Gasteiger partial charge in [0.1, 0.15) is 18.3 Å². The molecule has 0 aliphatic heterocycles. The largest absolute Gasteiger partial charge is 0.416 e. The number of aryl methyl sites for hydroxylation is 3. The molecule has 178 valence electrons. The van der Waals surface area contributed by atoms with Gasteiger partial charge in [-0.1, -0.05) is 30.3 Å². The average molecular weight is 485 g/mol. The molecule has 0 saturated heterocycles. The molecular weight excluding hydrogens is 466 g/mol. The summed E-state index contributed by atoms with van der Waals surface area (Å²) in [5.74, 6) is 0. The van der Waals surface area contributed by atoms with Gasteiger partial charge in [0.05, 0.1) is 16.5 Å². The Kier molecular flexibility index (Phi) is 5.05. The van der Waals surface area contributed by atoms with E-state index in [9.17, 15) is 26.3 Å². The second kappa shape index (κ2) is 7.66. The lowest BCUT2D eigenvalue weighted by atomic mass is 9.92. The maximum absolute atomic E-state index is 13.4. The second-order valence-electron chi connectivity index (χ2n) is 8.74. The molecule has 8 heteroatoms. The molecule has 0 amide bonds. The first-order valence-corrected chi connectivity index (χ1v) is 10.8. The van der Waals surface area contributed by atoms with Crippen LogP contribution in [0.5, 0.6) is 0 Å². The molecule has 0 N–H and O–H groups in total. The van der Waals surface area contributed by atoms with Gasteiger partial charge in [-0.3, -0.25) is 0 Å². The van der Waals surface area contributed by atoms with Crippen LogP contribution in [0.1, 0.15) is 22.4 Å². The molecule has 1 aromatic heterocycles. The predicted octanol–water partition coefficient (Wildman–Crippen LogP) is 7.69. The van der Waals surface area contributed by atoms with Gasteiger partial charge in [0.25, 0.3) is 0 Å². The Hall–Kier alpha value is -3.68. The Labute approximate surface area is 196 Å². The first-order valence-electron chi connectivity index (χ1n) is 10.8. The summed E-state index contributed by atoms with van der Waals surface area (Å²) in [7, 11) is 1.92.